The van der Waals surface area contributed by atoms with Gasteiger partial charge in [-0.3, -0.25) is 9.48 Å². The largest absolute Gasteiger partial charge is 0.478 e. The van der Waals surface area contributed by atoms with E-state index in [9.17, 15) is 14.7 Å². The second kappa shape index (κ2) is 6.43. The summed E-state index contributed by atoms with van der Waals surface area (Å²) in [6, 6.07) is 4.87. The van der Waals surface area contributed by atoms with Crippen molar-refractivity contribution in [3.8, 4) is 0 Å². The zero-order chi connectivity index (χ0) is 18.1. The summed E-state index contributed by atoms with van der Waals surface area (Å²) in [5, 5.41) is 19.5. The number of carbonyl (C=O) groups excluding carboxylic acids is 1. The van der Waals surface area contributed by atoms with Gasteiger partial charge in [-0.15, -0.1) is 0 Å². The second-order valence-corrected chi connectivity index (χ2v) is 6.15. The van der Waals surface area contributed by atoms with E-state index in [2.05, 4.69) is 15.7 Å². The lowest BCUT2D eigenvalue weighted by Crippen LogP contribution is -2.10. The van der Waals surface area contributed by atoms with Crippen molar-refractivity contribution in [2.24, 2.45) is 0 Å². The number of carboxylic acids is 1. The maximum atomic E-state index is 12.4. The van der Waals surface area contributed by atoms with Gasteiger partial charge in [-0.05, 0) is 38.5 Å². The number of hydrogen-bond acceptors (Lipinski definition) is 4. The van der Waals surface area contributed by atoms with E-state index in [-0.39, 0.29) is 17.5 Å². The third-order valence-corrected chi connectivity index (χ3v) is 4.09. The van der Waals surface area contributed by atoms with Crippen molar-refractivity contribution in [1.82, 2.24) is 9.78 Å². The van der Waals surface area contributed by atoms with Gasteiger partial charge in [0.2, 0.25) is 0 Å². The van der Waals surface area contributed by atoms with E-state index < -0.39 is 5.97 Å². The Morgan fingerprint density at radius 1 is 1.40 bits per heavy atom. The quantitative estimate of drug-likeness (QED) is 0.725. The number of carbonyl (C=O) groups is 2. The summed E-state index contributed by atoms with van der Waals surface area (Å²) in [5.74, 6) is -1.26. The molecule has 1 amide bonds. The fraction of sp³-hybridized carbons (Fsp3) is 0.278. The Kier molecular flexibility index (Phi) is 4.31. The SMILES string of the molecule is CC/C(Nc1cnn(C(C)C)c1)=C1/C(=O)Nc2ccc(C(=O)O)cc21. The van der Waals surface area contributed by atoms with E-state index in [0.717, 1.165) is 11.4 Å². The molecule has 25 heavy (non-hydrogen) atoms. The van der Waals surface area contributed by atoms with Gasteiger partial charge in [-0.2, -0.15) is 5.10 Å². The van der Waals surface area contributed by atoms with Crippen molar-refractivity contribution in [3.05, 3.63) is 47.4 Å². The number of allylic oxidation sites excluding steroid dienone is 1. The first-order chi connectivity index (χ1) is 11.9. The molecular formula is C18H20N4O3. The molecule has 3 rings (SSSR count). The van der Waals surface area contributed by atoms with E-state index in [1.165, 1.54) is 12.1 Å². The highest BCUT2D eigenvalue weighted by atomic mass is 16.4. The number of nitrogens with zero attached hydrogens (tertiary/aromatic N) is 2. The van der Waals surface area contributed by atoms with E-state index >= 15 is 0 Å². The van der Waals surface area contributed by atoms with Crippen molar-refractivity contribution in [3.63, 3.8) is 0 Å². The summed E-state index contributed by atoms with van der Waals surface area (Å²) in [5.41, 5.74) is 3.35. The van der Waals surface area contributed by atoms with Crippen molar-refractivity contribution in [1.29, 1.82) is 0 Å². The molecule has 0 fully saturated rings. The topological polar surface area (TPSA) is 96.3 Å². The van der Waals surface area contributed by atoms with Gasteiger partial charge in [0, 0.05) is 29.2 Å². The van der Waals surface area contributed by atoms with Gasteiger partial charge >= 0.3 is 5.97 Å². The van der Waals surface area contributed by atoms with Gasteiger partial charge in [0.25, 0.3) is 5.91 Å². The van der Waals surface area contributed by atoms with Crippen LogP contribution in [0.4, 0.5) is 11.4 Å². The molecule has 0 aliphatic carbocycles. The number of rotatable bonds is 5. The highest BCUT2D eigenvalue weighted by molar-refractivity contribution is 6.32. The predicted octanol–water partition coefficient (Wildman–Crippen LogP) is 3.35. The minimum absolute atomic E-state index is 0.149. The Labute approximate surface area is 145 Å². The molecule has 1 aromatic carbocycles. The van der Waals surface area contributed by atoms with Crippen LogP contribution >= 0.6 is 0 Å². The molecule has 2 aromatic rings. The maximum absolute atomic E-state index is 12.4. The lowest BCUT2D eigenvalue weighted by Gasteiger charge is -2.11. The Balaban J connectivity index is 2.03. The Bertz CT molecular complexity index is 880. The molecule has 0 atom stereocenters. The highest BCUT2D eigenvalue weighted by Gasteiger charge is 2.28. The Morgan fingerprint density at radius 2 is 2.16 bits per heavy atom. The van der Waals surface area contributed by atoms with Gasteiger partial charge in [0.1, 0.15) is 0 Å². The summed E-state index contributed by atoms with van der Waals surface area (Å²) in [6.45, 7) is 6.00. The lowest BCUT2D eigenvalue weighted by atomic mass is 10.0. The summed E-state index contributed by atoms with van der Waals surface area (Å²) < 4.78 is 1.82. The van der Waals surface area contributed by atoms with Crippen molar-refractivity contribution >= 4 is 28.8 Å². The van der Waals surface area contributed by atoms with Gasteiger partial charge in [-0.25, -0.2) is 4.79 Å². The third-order valence-electron chi connectivity index (χ3n) is 4.09. The predicted molar refractivity (Wildman–Crippen MR) is 95.5 cm³/mol. The Morgan fingerprint density at radius 3 is 2.76 bits per heavy atom. The molecule has 0 saturated carbocycles. The maximum Gasteiger partial charge on any atom is 0.335 e. The lowest BCUT2D eigenvalue weighted by molar-refractivity contribution is -0.110. The summed E-state index contributed by atoms with van der Waals surface area (Å²) in [6.07, 6.45) is 4.17. The molecule has 2 heterocycles. The van der Waals surface area contributed by atoms with E-state index in [1.54, 1.807) is 12.3 Å². The average molecular weight is 340 g/mol. The molecule has 0 bridgehead atoms. The second-order valence-electron chi connectivity index (χ2n) is 6.15. The molecule has 1 aliphatic heterocycles. The van der Waals surface area contributed by atoms with Crippen LogP contribution in [-0.4, -0.2) is 26.8 Å². The van der Waals surface area contributed by atoms with Crippen LogP contribution < -0.4 is 10.6 Å². The van der Waals surface area contributed by atoms with E-state index in [0.29, 0.717) is 23.2 Å². The highest BCUT2D eigenvalue weighted by Crippen LogP contribution is 2.35. The third kappa shape index (κ3) is 3.13. The number of anilines is 2. The number of hydrogen-bond donors (Lipinski definition) is 3. The van der Waals surface area contributed by atoms with Gasteiger partial charge < -0.3 is 15.7 Å². The number of amides is 1. The molecule has 1 aliphatic rings. The fourth-order valence-electron chi connectivity index (χ4n) is 2.79. The summed E-state index contributed by atoms with van der Waals surface area (Å²) in [4.78, 5) is 23.7. The standard InChI is InChI=1S/C18H20N4O3/c1-4-14(20-12-8-19-22(9-12)10(2)3)16-13-7-11(18(24)25)5-6-15(13)21-17(16)23/h5-10,20H,4H2,1-3H3,(H,21,23)(H,24,25)/b16-14-. The first-order valence-electron chi connectivity index (χ1n) is 8.14. The summed E-state index contributed by atoms with van der Waals surface area (Å²) in [7, 11) is 0. The van der Waals surface area contributed by atoms with Crippen LogP contribution in [0.25, 0.3) is 5.57 Å². The summed E-state index contributed by atoms with van der Waals surface area (Å²) >= 11 is 0. The van der Waals surface area contributed by atoms with Crippen LogP contribution in [0.5, 0.6) is 0 Å². The smallest absolute Gasteiger partial charge is 0.335 e. The minimum Gasteiger partial charge on any atom is -0.478 e. The monoisotopic (exact) mass is 340 g/mol. The zero-order valence-electron chi connectivity index (χ0n) is 14.3. The molecule has 1 aromatic heterocycles. The molecule has 130 valence electrons. The Hall–Kier alpha value is -3.09. The molecule has 0 spiro atoms. The normalized spacial score (nSPS) is 15.1. The number of aromatic carboxylic acids is 1. The van der Waals surface area contributed by atoms with Gasteiger partial charge in [0.15, 0.2) is 0 Å². The van der Waals surface area contributed by atoms with Crippen LogP contribution in [-0.2, 0) is 4.79 Å². The molecule has 0 radical (unpaired) electrons. The molecule has 7 heteroatoms. The molecule has 3 N–H and O–H groups in total. The number of nitrogens with one attached hydrogen (secondary N) is 2. The zero-order valence-corrected chi connectivity index (χ0v) is 14.3. The number of benzene rings is 1. The molecule has 0 saturated heterocycles. The molecular weight excluding hydrogens is 320 g/mol. The van der Waals surface area contributed by atoms with Gasteiger partial charge in [-0.1, -0.05) is 6.92 Å². The number of aromatic nitrogens is 2. The number of carboxylic acid groups (broad SMARTS) is 1. The molecule has 0 unspecified atom stereocenters. The molecule has 7 nitrogen and oxygen atoms in total. The first-order valence-corrected chi connectivity index (χ1v) is 8.14. The van der Waals surface area contributed by atoms with Gasteiger partial charge in [0.05, 0.1) is 23.0 Å². The van der Waals surface area contributed by atoms with Crippen LogP contribution in [0.1, 0.15) is 49.2 Å². The van der Waals surface area contributed by atoms with Crippen LogP contribution in [0, 0.1) is 0 Å². The van der Waals surface area contributed by atoms with Crippen LogP contribution in [0.2, 0.25) is 0 Å². The first kappa shape index (κ1) is 16.8. The van der Waals surface area contributed by atoms with E-state index in [4.69, 9.17) is 0 Å². The fourth-order valence-corrected chi connectivity index (χ4v) is 2.79. The van der Waals surface area contributed by atoms with Crippen molar-refractivity contribution in [2.45, 2.75) is 33.2 Å². The van der Waals surface area contributed by atoms with Crippen molar-refractivity contribution < 1.29 is 14.7 Å². The minimum atomic E-state index is -1.02. The van der Waals surface area contributed by atoms with Crippen LogP contribution in [0.3, 0.4) is 0 Å². The van der Waals surface area contributed by atoms with E-state index in [1.807, 2.05) is 31.6 Å². The van der Waals surface area contributed by atoms with Crippen LogP contribution in [0.15, 0.2) is 36.3 Å². The van der Waals surface area contributed by atoms with Crippen molar-refractivity contribution in [2.75, 3.05) is 10.6 Å². The number of fused-ring (bicyclic) bond motifs is 1. The average Bonchev–Trinajstić information content (AvgIpc) is 3.15.